The lowest BCUT2D eigenvalue weighted by Gasteiger charge is -2.24. The molecular formula is C14H20ClN3O2S. The molecule has 2 heterocycles. The smallest absolute Gasteiger partial charge is 0.410 e. The zero-order valence-electron chi connectivity index (χ0n) is 12.5. The van der Waals surface area contributed by atoms with Crippen LogP contribution in [0.2, 0.25) is 5.02 Å². The second kappa shape index (κ2) is 6.83. The van der Waals surface area contributed by atoms with Gasteiger partial charge >= 0.3 is 6.09 Å². The van der Waals surface area contributed by atoms with Gasteiger partial charge in [0.25, 0.3) is 0 Å². The van der Waals surface area contributed by atoms with E-state index in [1.807, 2.05) is 20.8 Å². The van der Waals surface area contributed by atoms with Crippen molar-refractivity contribution in [2.75, 3.05) is 18.8 Å². The molecule has 21 heavy (non-hydrogen) atoms. The number of hydrogen-bond donors (Lipinski definition) is 0. The molecule has 1 aromatic rings. The van der Waals surface area contributed by atoms with Crippen molar-refractivity contribution in [3.63, 3.8) is 0 Å². The molecule has 5 nitrogen and oxygen atoms in total. The average Bonchev–Trinajstić information content (AvgIpc) is 2.85. The molecule has 1 aliphatic heterocycles. The van der Waals surface area contributed by atoms with E-state index < -0.39 is 5.60 Å². The highest BCUT2D eigenvalue weighted by Gasteiger charge is 2.29. The average molecular weight is 330 g/mol. The van der Waals surface area contributed by atoms with Gasteiger partial charge in [0, 0.05) is 18.8 Å². The summed E-state index contributed by atoms with van der Waals surface area (Å²) in [5.74, 6) is 1.34. The van der Waals surface area contributed by atoms with Crippen molar-refractivity contribution >= 4 is 29.5 Å². The van der Waals surface area contributed by atoms with E-state index in [9.17, 15) is 4.79 Å². The van der Waals surface area contributed by atoms with Gasteiger partial charge in [-0.1, -0.05) is 23.4 Å². The third-order valence-corrected chi connectivity index (χ3v) is 4.28. The SMILES string of the molecule is CC(C)(C)OC(=O)N1CC[C@@H](CSc2ncc(Cl)cn2)C1. The number of rotatable bonds is 3. The Morgan fingerprint density at radius 1 is 1.48 bits per heavy atom. The first-order valence-electron chi connectivity index (χ1n) is 6.92. The summed E-state index contributed by atoms with van der Waals surface area (Å²) in [6.07, 6.45) is 3.95. The molecule has 7 heteroatoms. The molecule has 0 N–H and O–H groups in total. The third-order valence-electron chi connectivity index (χ3n) is 2.98. The van der Waals surface area contributed by atoms with Crippen molar-refractivity contribution in [1.29, 1.82) is 0 Å². The fraction of sp³-hybridized carbons (Fsp3) is 0.643. The summed E-state index contributed by atoms with van der Waals surface area (Å²) in [6.45, 7) is 7.13. The molecule has 1 aliphatic rings. The molecule has 0 aliphatic carbocycles. The van der Waals surface area contributed by atoms with Gasteiger partial charge in [-0.25, -0.2) is 14.8 Å². The largest absolute Gasteiger partial charge is 0.444 e. The van der Waals surface area contributed by atoms with Crippen LogP contribution in [0, 0.1) is 5.92 Å². The molecule has 1 amide bonds. The van der Waals surface area contributed by atoms with Gasteiger partial charge < -0.3 is 9.64 Å². The van der Waals surface area contributed by atoms with Crippen LogP contribution in [0.1, 0.15) is 27.2 Å². The van der Waals surface area contributed by atoms with Crippen molar-refractivity contribution < 1.29 is 9.53 Å². The number of ether oxygens (including phenoxy) is 1. The van der Waals surface area contributed by atoms with Crippen LogP contribution in [-0.2, 0) is 4.74 Å². The molecular weight excluding hydrogens is 310 g/mol. The summed E-state index contributed by atoms with van der Waals surface area (Å²) in [7, 11) is 0. The highest BCUT2D eigenvalue weighted by atomic mass is 35.5. The summed E-state index contributed by atoms with van der Waals surface area (Å²) in [6, 6.07) is 0. The zero-order valence-corrected chi connectivity index (χ0v) is 14.1. The molecule has 1 fully saturated rings. The van der Waals surface area contributed by atoms with E-state index >= 15 is 0 Å². The second-order valence-electron chi connectivity index (χ2n) is 6.08. The first-order valence-corrected chi connectivity index (χ1v) is 8.28. The minimum Gasteiger partial charge on any atom is -0.444 e. The molecule has 0 spiro atoms. The number of carbonyl (C=O) groups is 1. The first kappa shape index (κ1) is 16.4. The van der Waals surface area contributed by atoms with Crippen molar-refractivity contribution in [2.24, 2.45) is 5.92 Å². The molecule has 116 valence electrons. The fourth-order valence-corrected chi connectivity index (χ4v) is 3.04. The molecule has 2 rings (SSSR count). The van der Waals surface area contributed by atoms with E-state index in [1.54, 1.807) is 29.1 Å². The van der Waals surface area contributed by atoms with Crippen LogP contribution in [0.25, 0.3) is 0 Å². The number of hydrogen-bond acceptors (Lipinski definition) is 5. The quantitative estimate of drug-likeness (QED) is 0.627. The number of likely N-dealkylation sites (tertiary alicyclic amines) is 1. The third kappa shape index (κ3) is 5.36. The van der Waals surface area contributed by atoms with Gasteiger partial charge in [0.1, 0.15) is 5.60 Å². The van der Waals surface area contributed by atoms with E-state index in [2.05, 4.69) is 9.97 Å². The number of amides is 1. The summed E-state index contributed by atoms with van der Waals surface area (Å²) in [5.41, 5.74) is -0.443. The summed E-state index contributed by atoms with van der Waals surface area (Å²) < 4.78 is 5.39. The number of halogens is 1. The van der Waals surface area contributed by atoms with E-state index in [0.29, 0.717) is 10.9 Å². The van der Waals surface area contributed by atoms with Crippen LogP contribution in [0.15, 0.2) is 17.6 Å². The normalized spacial score (nSPS) is 18.9. The molecule has 0 saturated carbocycles. The molecule has 1 saturated heterocycles. The highest BCUT2D eigenvalue weighted by Crippen LogP contribution is 2.25. The maximum Gasteiger partial charge on any atom is 0.410 e. The topological polar surface area (TPSA) is 55.3 Å². The van der Waals surface area contributed by atoms with Crippen LogP contribution in [0.3, 0.4) is 0 Å². The summed E-state index contributed by atoms with van der Waals surface area (Å²) in [4.78, 5) is 22.1. The summed E-state index contributed by atoms with van der Waals surface area (Å²) in [5, 5.41) is 1.26. The van der Waals surface area contributed by atoms with E-state index in [4.69, 9.17) is 16.3 Å². The van der Waals surface area contributed by atoms with E-state index in [0.717, 1.165) is 30.4 Å². The predicted octanol–water partition coefficient (Wildman–Crippen LogP) is 3.48. The number of nitrogens with zero attached hydrogens (tertiary/aromatic N) is 3. The van der Waals surface area contributed by atoms with Crippen molar-refractivity contribution in [3.05, 3.63) is 17.4 Å². The Balaban J connectivity index is 1.77. The van der Waals surface area contributed by atoms with Gasteiger partial charge in [0.2, 0.25) is 0 Å². The molecule has 1 atom stereocenters. The minimum atomic E-state index is -0.443. The Kier molecular flexibility index (Phi) is 5.32. The van der Waals surface area contributed by atoms with Crippen molar-refractivity contribution in [2.45, 2.75) is 37.9 Å². The minimum absolute atomic E-state index is 0.224. The number of carbonyl (C=O) groups excluding carboxylic acids is 1. The van der Waals surface area contributed by atoms with E-state index in [-0.39, 0.29) is 6.09 Å². The van der Waals surface area contributed by atoms with Gasteiger partial charge in [-0.3, -0.25) is 0 Å². The predicted molar refractivity (Wildman–Crippen MR) is 83.7 cm³/mol. The molecule has 0 unspecified atom stereocenters. The molecule has 0 radical (unpaired) electrons. The van der Waals surface area contributed by atoms with Gasteiger partial charge in [0.15, 0.2) is 5.16 Å². The number of aromatic nitrogens is 2. The fourth-order valence-electron chi connectivity index (χ4n) is 2.03. The van der Waals surface area contributed by atoms with Crippen LogP contribution >= 0.6 is 23.4 Å². The van der Waals surface area contributed by atoms with Crippen molar-refractivity contribution in [1.82, 2.24) is 14.9 Å². The van der Waals surface area contributed by atoms with Crippen molar-refractivity contribution in [3.8, 4) is 0 Å². The van der Waals surface area contributed by atoms with Gasteiger partial charge in [-0.05, 0) is 33.1 Å². The monoisotopic (exact) mass is 329 g/mol. The maximum atomic E-state index is 12.0. The Bertz CT molecular complexity index is 490. The van der Waals surface area contributed by atoms with Gasteiger partial charge in [0.05, 0.1) is 17.4 Å². The maximum absolute atomic E-state index is 12.0. The van der Waals surface area contributed by atoms with E-state index in [1.165, 1.54) is 0 Å². The lowest BCUT2D eigenvalue weighted by Crippen LogP contribution is -2.35. The zero-order chi connectivity index (χ0) is 15.5. The number of thioether (sulfide) groups is 1. The Labute approximate surface area is 134 Å². The molecule has 0 aromatic carbocycles. The molecule has 0 bridgehead atoms. The van der Waals surface area contributed by atoms with Gasteiger partial charge in [-0.2, -0.15) is 0 Å². The standard InChI is InChI=1S/C14H20ClN3O2S/c1-14(2,3)20-13(19)18-5-4-10(8-18)9-21-12-16-6-11(15)7-17-12/h6-7,10H,4-5,8-9H2,1-3H3/t10-/m1/s1. The lowest BCUT2D eigenvalue weighted by atomic mass is 10.2. The second-order valence-corrected chi connectivity index (χ2v) is 7.50. The Morgan fingerprint density at radius 2 is 2.14 bits per heavy atom. The molecule has 1 aromatic heterocycles. The highest BCUT2D eigenvalue weighted by molar-refractivity contribution is 7.99. The lowest BCUT2D eigenvalue weighted by molar-refractivity contribution is 0.0289. The van der Waals surface area contributed by atoms with Crippen LogP contribution in [-0.4, -0.2) is 45.4 Å². The Morgan fingerprint density at radius 3 is 2.76 bits per heavy atom. The summed E-state index contributed by atoms with van der Waals surface area (Å²) >= 11 is 7.35. The van der Waals surface area contributed by atoms with Gasteiger partial charge in [-0.15, -0.1) is 0 Å². The van der Waals surface area contributed by atoms with Crippen LogP contribution < -0.4 is 0 Å². The Hall–Kier alpha value is -1.01. The van der Waals surface area contributed by atoms with Crippen LogP contribution in [0.4, 0.5) is 4.79 Å². The van der Waals surface area contributed by atoms with Crippen LogP contribution in [0.5, 0.6) is 0 Å². The first-order chi connectivity index (χ1) is 9.83.